The van der Waals surface area contributed by atoms with E-state index in [1.54, 1.807) is 44.5 Å². The van der Waals surface area contributed by atoms with Crippen LogP contribution in [0.5, 0.6) is 5.75 Å². The smallest absolute Gasteiger partial charge is 0.263 e. The van der Waals surface area contributed by atoms with Crippen LogP contribution in [0.4, 0.5) is 11.4 Å². The minimum absolute atomic E-state index is 0.00871. The van der Waals surface area contributed by atoms with Crippen molar-refractivity contribution < 1.29 is 17.9 Å². The lowest BCUT2D eigenvalue weighted by molar-refractivity contribution is 0.102. The zero-order valence-corrected chi connectivity index (χ0v) is 19.8. The van der Waals surface area contributed by atoms with E-state index >= 15 is 0 Å². The van der Waals surface area contributed by atoms with Gasteiger partial charge in [-0.25, -0.2) is 8.42 Å². The molecule has 4 rings (SSSR count). The van der Waals surface area contributed by atoms with Crippen LogP contribution in [0.3, 0.4) is 0 Å². The fourth-order valence-electron chi connectivity index (χ4n) is 3.67. The summed E-state index contributed by atoms with van der Waals surface area (Å²) in [6.45, 7) is 1.54. The molecule has 1 aliphatic heterocycles. The first kappa shape index (κ1) is 23.1. The summed E-state index contributed by atoms with van der Waals surface area (Å²) < 4.78 is 34.6. The number of hydrogen-bond acceptors (Lipinski definition) is 6. The Kier molecular flexibility index (Phi) is 6.59. The first-order valence-corrected chi connectivity index (χ1v) is 12.1. The molecule has 0 bridgehead atoms. The standard InChI is InChI=1S/C22H24ClN5O4S/c1-26-15-20(21(29)24-17-6-8-19(32-2)9-7-17)22(25-26)33(30,31)28-12-10-27(11-13-28)18-5-3-4-16(23)14-18/h3-9,14-15H,10-13H2,1-2H3,(H,24,29). The number of amides is 1. The highest BCUT2D eigenvalue weighted by Gasteiger charge is 2.34. The summed E-state index contributed by atoms with van der Waals surface area (Å²) in [5.74, 6) is 0.0963. The van der Waals surface area contributed by atoms with Crippen LogP contribution in [0.1, 0.15) is 10.4 Å². The molecule has 0 aliphatic carbocycles. The molecule has 1 amide bonds. The van der Waals surface area contributed by atoms with E-state index in [9.17, 15) is 13.2 Å². The van der Waals surface area contributed by atoms with Gasteiger partial charge in [-0.05, 0) is 42.5 Å². The average molecular weight is 490 g/mol. The Bertz CT molecular complexity index is 1250. The molecule has 1 aliphatic rings. The van der Waals surface area contributed by atoms with E-state index in [2.05, 4.69) is 15.3 Å². The number of hydrogen-bond donors (Lipinski definition) is 1. The second-order valence-electron chi connectivity index (χ2n) is 7.58. The fraction of sp³-hybridized carbons (Fsp3) is 0.273. The summed E-state index contributed by atoms with van der Waals surface area (Å²) in [7, 11) is -0.831. The molecule has 11 heteroatoms. The van der Waals surface area contributed by atoms with E-state index in [1.807, 2.05) is 18.2 Å². The number of piperazine rings is 1. The number of aromatic nitrogens is 2. The molecule has 0 spiro atoms. The van der Waals surface area contributed by atoms with Crippen molar-refractivity contribution in [3.05, 3.63) is 65.3 Å². The number of rotatable bonds is 6. The summed E-state index contributed by atoms with van der Waals surface area (Å²) in [6.07, 6.45) is 1.41. The van der Waals surface area contributed by atoms with Crippen LogP contribution >= 0.6 is 11.6 Å². The minimum atomic E-state index is -3.97. The maximum atomic E-state index is 13.4. The maximum Gasteiger partial charge on any atom is 0.263 e. The van der Waals surface area contributed by atoms with Crippen molar-refractivity contribution in [2.24, 2.45) is 7.05 Å². The first-order valence-electron chi connectivity index (χ1n) is 10.3. The molecular weight excluding hydrogens is 466 g/mol. The van der Waals surface area contributed by atoms with Gasteiger partial charge in [0.1, 0.15) is 5.75 Å². The van der Waals surface area contributed by atoms with Crippen LogP contribution < -0.4 is 15.0 Å². The summed E-state index contributed by atoms with van der Waals surface area (Å²) in [6, 6.07) is 14.2. The molecular formula is C22H24ClN5O4S. The molecule has 0 unspecified atom stereocenters. The normalized spacial score (nSPS) is 14.8. The fourth-order valence-corrected chi connectivity index (χ4v) is 5.40. The highest BCUT2D eigenvalue weighted by Crippen LogP contribution is 2.25. The molecule has 1 aromatic heterocycles. The summed E-state index contributed by atoms with van der Waals surface area (Å²) in [4.78, 5) is 15.0. The number of anilines is 2. The lowest BCUT2D eigenvalue weighted by Gasteiger charge is -2.35. The minimum Gasteiger partial charge on any atom is -0.497 e. The second-order valence-corrected chi connectivity index (χ2v) is 9.86. The maximum absolute atomic E-state index is 13.4. The van der Waals surface area contributed by atoms with E-state index in [1.165, 1.54) is 15.2 Å². The Morgan fingerprint density at radius 3 is 2.42 bits per heavy atom. The Balaban J connectivity index is 1.51. The highest BCUT2D eigenvalue weighted by atomic mass is 35.5. The zero-order valence-electron chi connectivity index (χ0n) is 18.2. The third-order valence-electron chi connectivity index (χ3n) is 5.38. The molecule has 174 valence electrons. The van der Waals surface area contributed by atoms with Crippen molar-refractivity contribution in [3.63, 3.8) is 0 Å². The number of carbonyl (C=O) groups excluding carboxylic acids is 1. The van der Waals surface area contributed by atoms with Gasteiger partial charge in [-0.2, -0.15) is 9.40 Å². The van der Waals surface area contributed by atoms with Gasteiger partial charge in [0, 0.05) is 55.8 Å². The highest BCUT2D eigenvalue weighted by molar-refractivity contribution is 7.89. The van der Waals surface area contributed by atoms with Crippen LogP contribution in [-0.4, -0.2) is 61.7 Å². The van der Waals surface area contributed by atoms with Gasteiger partial charge in [-0.3, -0.25) is 9.48 Å². The first-order chi connectivity index (χ1) is 15.8. The van der Waals surface area contributed by atoms with E-state index in [-0.39, 0.29) is 23.7 Å². The van der Waals surface area contributed by atoms with Crippen LogP contribution in [-0.2, 0) is 17.1 Å². The molecule has 33 heavy (non-hydrogen) atoms. The lowest BCUT2D eigenvalue weighted by Crippen LogP contribution is -2.49. The van der Waals surface area contributed by atoms with Gasteiger partial charge in [0.25, 0.3) is 15.9 Å². The van der Waals surface area contributed by atoms with Crippen molar-refractivity contribution in [2.45, 2.75) is 5.03 Å². The monoisotopic (exact) mass is 489 g/mol. The lowest BCUT2D eigenvalue weighted by atomic mass is 10.2. The van der Waals surface area contributed by atoms with Gasteiger partial charge in [0.2, 0.25) is 5.03 Å². The van der Waals surface area contributed by atoms with Crippen molar-refractivity contribution in [3.8, 4) is 5.75 Å². The Hall–Kier alpha value is -3.08. The molecule has 0 radical (unpaired) electrons. The van der Waals surface area contributed by atoms with E-state index in [0.29, 0.717) is 29.5 Å². The molecule has 0 saturated carbocycles. The van der Waals surface area contributed by atoms with Crippen molar-refractivity contribution in [1.82, 2.24) is 14.1 Å². The Morgan fingerprint density at radius 2 is 1.79 bits per heavy atom. The molecule has 3 aromatic rings. The third kappa shape index (κ3) is 4.97. The molecule has 2 aromatic carbocycles. The predicted molar refractivity (Wildman–Crippen MR) is 127 cm³/mol. The number of halogens is 1. The van der Waals surface area contributed by atoms with Crippen LogP contribution in [0.15, 0.2) is 59.8 Å². The Morgan fingerprint density at radius 1 is 1.09 bits per heavy atom. The number of nitrogens with one attached hydrogen (secondary N) is 1. The number of sulfonamides is 1. The van der Waals surface area contributed by atoms with E-state index < -0.39 is 15.9 Å². The van der Waals surface area contributed by atoms with Crippen LogP contribution in [0.25, 0.3) is 0 Å². The predicted octanol–water partition coefficient (Wildman–Crippen LogP) is 2.85. The molecule has 1 N–H and O–H groups in total. The SMILES string of the molecule is COc1ccc(NC(=O)c2cn(C)nc2S(=O)(=O)N2CCN(c3cccc(Cl)c3)CC2)cc1. The molecule has 1 fully saturated rings. The average Bonchev–Trinajstić information content (AvgIpc) is 3.22. The summed E-state index contributed by atoms with van der Waals surface area (Å²) in [5.41, 5.74) is 1.45. The van der Waals surface area contributed by atoms with Gasteiger partial charge >= 0.3 is 0 Å². The van der Waals surface area contributed by atoms with Gasteiger partial charge in [0.15, 0.2) is 0 Å². The van der Waals surface area contributed by atoms with E-state index in [0.717, 1.165) is 5.69 Å². The summed E-state index contributed by atoms with van der Waals surface area (Å²) >= 11 is 6.08. The van der Waals surface area contributed by atoms with Crippen LogP contribution in [0.2, 0.25) is 5.02 Å². The molecule has 0 atom stereocenters. The molecule has 1 saturated heterocycles. The quantitative estimate of drug-likeness (QED) is 0.572. The van der Waals surface area contributed by atoms with Crippen molar-refractivity contribution in [1.29, 1.82) is 0 Å². The topological polar surface area (TPSA) is 96.8 Å². The van der Waals surface area contributed by atoms with Gasteiger partial charge in [-0.1, -0.05) is 17.7 Å². The number of ether oxygens (including phenoxy) is 1. The molecule has 9 nitrogen and oxygen atoms in total. The van der Waals surface area contributed by atoms with Gasteiger partial charge in [0.05, 0.1) is 12.7 Å². The van der Waals surface area contributed by atoms with Gasteiger partial charge < -0.3 is 15.0 Å². The second kappa shape index (κ2) is 9.42. The number of benzene rings is 2. The number of methoxy groups -OCH3 is 1. The van der Waals surface area contributed by atoms with Gasteiger partial charge in [-0.15, -0.1) is 0 Å². The molecule has 2 heterocycles. The summed E-state index contributed by atoms with van der Waals surface area (Å²) in [5, 5.41) is 7.20. The third-order valence-corrected chi connectivity index (χ3v) is 7.45. The Labute approximate surface area is 197 Å². The number of aryl methyl sites for hydroxylation is 1. The number of nitrogens with zero attached hydrogens (tertiary/aromatic N) is 4. The van der Waals surface area contributed by atoms with Crippen LogP contribution in [0, 0.1) is 0 Å². The van der Waals surface area contributed by atoms with Crippen molar-refractivity contribution >= 4 is 38.9 Å². The van der Waals surface area contributed by atoms with Crippen molar-refractivity contribution in [2.75, 3.05) is 43.5 Å². The largest absolute Gasteiger partial charge is 0.497 e. The number of carbonyl (C=O) groups is 1. The zero-order chi connectivity index (χ0) is 23.6. The van der Waals surface area contributed by atoms with E-state index in [4.69, 9.17) is 16.3 Å².